The summed E-state index contributed by atoms with van der Waals surface area (Å²) in [5, 5.41) is 3.28. The number of carbonyl (C=O) groups is 1. The lowest BCUT2D eigenvalue weighted by Crippen LogP contribution is -2.22. The van der Waals surface area contributed by atoms with Gasteiger partial charge in [-0.3, -0.25) is 4.79 Å². The molecule has 1 aliphatic rings. The number of nitrogens with zero attached hydrogens (tertiary/aromatic N) is 1. The molecule has 0 amide bonds. The van der Waals surface area contributed by atoms with E-state index in [1.165, 1.54) is 7.11 Å². The van der Waals surface area contributed by atoms with Gasteiger partial charge in [-0.25, -0.2) is 0 Å². The normalized spacial score (nSPS) is 19.9. The number of carbonyl (C=O) groups excluding carboxylic acids is 1. The predicted octanol–water partition coefficient (Wildman–Crippen LogP) is 1.62. The molecule has 0 bridgehead atoms. The molecule has 0 aliphatic heterocycles. The average molecular weight is 205 g/mol. The zero-order valence-corrected chi connectivity index (χ0v) is 7.13. The number of allylic oxidation sites excluding steroid dienone is 4. The zero-order valence-electron chi connectivity index (χ0n) is 7.13. The van der Waals surface area contributed by atoms with Gasteiger partial charge in [-0.15, -0.1) is 0 Å². The molecule has 1 rings (SSSR count). The maximum absolute atomic E-state index is 12.2. The van der Waals surface area contributed by atoms with Crippen molar-refractivity contribution >= 4 is 11.5 Å². The Labute approximate surface area is 77.5 Å². The SMILES string of the molecule is CO/N=C1/C=CC(=O)C(C(F)(F)F)=C1. The number of rotatable bonds is 1. The van der Waals surface area contributed by atoms with Crippen LogP contribution >= 0.6 is 0 Å². The Morgan fingerprint density at radius 1 is 1.36 bits per heavy atom. The number of alkyl halides is 3. The first kappa shape index (κ1) is 10.5. The molecule has 0 spiro atoms. The van der Waals surface area contributed by atoms with Gasteiger partial charge in [0.25, 0.3) is 0 Å². The molecule has 0 radical (unpaired) electrons. The van der Waals surface area contributed by atoms with E-state index in [2.05, 4.69) is 9.99 Å². The summed E-state index contributed by atoms with van der Waals surface area (Å²) in [6.45, 7) is 0. The Hall–Kier alpha value is -1.59. The molecule has 76 valence electrons. The average Bonchev–Trinajstić information content (AvgIpc) is 2.07. The maximum Gasteiger partial charge on any atom is 0.420 e. The molecule has 0 aromatic rings. The van der Waals surface area contributed by atoms with E-state index in [-0.39, 0.29) is 5.71 Å². The number of ketones is 1. The first-order valence-corrected chi connectivity index (χ1v) is 3.57. The minimum atomic E-state index is -4.66. The minimum Gasteiger partial charge on any atom is -0.399 e. The van der Waals surface area contributed by atoms with Gasteiger partial charge in [0, 0.05) is 0 Å². The third-order valence-corrected chi connectivity index (χ3v) is 1.47. The lowest BCUT2D eigenvalue weighted by atomic mass is 10.0. The van der Waals surface area contributed by atoms with Gasteiger partial charge >= 0.3 is 6.18 Å². The predicted molar refractivity (Wildman–Crippen MR) is 42.7 cm³/mol. The van der Waals surface area contributed by atoms with Crippen LogP contribution in [0, 0.1) is 0 Å². The highest BCUT2D eigenvalue weighted by Crippen LogP contribution is 2.28. The molecule has 1 aliphatic carbocycles. The Kier molecular flexibility index (Phi) is 2.73. The Morgan fingerprint density at radius 3 is 2.50 bits per heavy atom. The van der Waals surface area contributed by atoms with E-state index in [4.69, 9.17) is 0 Å². The fraction of sp³-hybridized carbons (Fsp3) is 0.250. The first-order valence-electron chi connectivity index (χ1n) is 3.57. The number of halogens is 3. The molecule has 0 heterocycles. The van der Waals surface area contributed by atoms with Gasteiger partial charge < -0.3 is 4.84 Å². The monoisotopic (exact) mass is 205 g/mol. The van der Waals surface area contributed by atoms with Crippen LogP contribution < -0.4 is 0 Å². The molecule has 0 saturated carbocycles. The smallest absolute Gasteiger partial charge is 0.399 e. The molecule has 0 N–H and O–H groups in total. The summed E-state index contributed by atoms with van der Waals surface area (Å²) in [7, 11) is 1.21. The summed E-state index contributed by atoms with van der Waals surface area (Å²) in [6.07, 6.45) is -2.05. The molecule has 0 aromatic carbocycles. The Morgan fingerprint density at radius 2 is 2.00 bits per heavy atom. The number of hydrogen-bond donors (Lipinski definition) is 0. The zero-order chi connectivity index (χ0) is 10.8. The van der Waals surface area contributed by atoms with Gasteiger partial charge in [0.05, 0.1) is 0 Å². The van der Waals surface area contributed by atoms with Crippen molar-refractivity contribution in [2.24, 2.45) is 5.16 Å². The number of hydrogen-bond acceptors (Lipinski definition) is 3. The van der Waals surface area contributed by atoms with Gasteiger partial charge in [-0.1, -0.05) is 5.16 Å². The van der Waals surface area contributed by atoms with Gasteiger partial charge in [-0.2, -0.15) is 13.2 Å². The van der Waals surface area contributed by atoms with Gasteiger partial charge in [0.1, 0.15) is 18.4 Å². The third-order valence-electron chi connectivity index (χ3n) is 1.47. The van der Waals surface area contributed by atoms with Crippen molar-refractivity contribution in [1.29, 1.82) is 0 Å². The lowest BCUT2D eigenvalue weighted by molar-refractivity contribution is -0.125. The van der Waals surface area contributed by atoms with Gasteiger partial charge in [0.15, 0.2) is 5.78 Å². The van der Waals surface area contributed by atoms with E-state index in [0.29, 0.717) is 6.08 Å². The highest BCUT2D eigenvalue weighted by Gasteiger charge is 2.38. The van der Waals surface area contributed by atoms with E-state index in [9.17, 15) is 18.0 Å². The minimum absolute atomic E-state index is 0.0422. The molecule has 0 atom stereocenters. The van der Waals surface area contributed by atoms with Crippen LogP contribution in [0.4, 0.5) is 13.2 Å². The van der Waals surface area contributed by atoms with Gasteiger partial charge in [0.2, 0.25) is 0 Å². The second kappa shape index (κ2) is 3.65. The second-order valence-corrected chi connectivity index (χ2v) is 2.45. The largest absolute Gasteiger partial charge is 0.420 e. The topological polar surface area (TPSA) is 38.7 Å². The summed E-state index contributed by atoms with van der Waals surface area (Å²) >= 11 is 0. The first-order chi connectivity index (χ1) is 6.45. The molecule has 0 aromatic heterocycles. The van der Waals surface area contributed by atoms with E-state index in [1.807, 2.05) is 0 Å². The molecule has 0 unspecified atom stereocenters. The fourth-order valence-corrected chi connectivity index (χ4v) is 0.902. The molecular formula is C8H6F3NO2. The van der Waals surface area contributed by atoms with Gasteiger partial charge in [-0.05, 0) is 18.2 Å². The van der Waals surface area contributed by atoms with Crippen LogP contribution in [0.25, 0.3) is 0 Å². The Bertz CT molecular complexity index is 339. The van der Waals surface area contributed by atoms with Crippen LogP contribution in [-0.2, 0) is 9.63 Å². The lowest BCUT2D eigenvalue weighted by Gasteiger charge is -2.11. The summed E-state index contributed by atoms with van der Waals surface area (Å²) in [5.41, 5.74) is -1.28. The molecular weight excluding hydrogens is 199 g/mol. The third kappa shape index (κ3) is 2.21. The van der Waals surface area contributed by atoms with Crippen LogP contribution in [-0.4, -0.2) is 24.8 Å². The van der Waals surface area contributed by atoms with Crippen LogP contribution in [0.2, 0.25) is 0 Å². The highest BCUT2D eigenvalue weighted by molar-refractivity contribution is 6.19. The molecule has 3 nitrogen and oxygen atoms in total. The van der Waals surface area contributed by atoms with Crippen molar-refractivity contribution < 1.29 is 22.8 Å². The van der Waals surface area contributed by atoms with E-state index < -0.39 is 17.5 Å². The summed E-state index contributed by atoms with van der Waals surface area (Å²) in [4.78, 5) is 15.1. The molecule has 0 fully saturated rings. The van der Waals surface area contributed by atoms with E-state index >= 15 is 0 Å². The standard InChI is InChI=1S/C8H6F3NO2/c1-14-12-5-2-3-7(13)6(4-5)8(9,10)11/h2-4H,1H3/b12-5-. The van der Waals surface area contributed by atoms with Crippen molar-refractivity contribution in [3.05, 3.63) is 23.8 Å². The second-order valence-electron chi connectivity index (χ2n) is 2.45. The van der Waals surface area contributed by atoms with Crippen LogP contribution in [0.15, 0.2) is 29.0 Å². The van der Waals surface area contributed by atoms with Crippen LogP contribution in [0.1, 0.15) is 0 Å². The molecule has 0 saturated heterocycles. The fourth-order valence-electron chi connectivity index (χ4n) is 0.902. The highest BCUT2D eigenvalue weighted by atomic mass is 19.4. The van der Waals surface area contributed by atoms with Crippen molar-refractivity contribution in [1.82, 2.24) is 0 Å². The summed E-state index contributed by atoms with van der Waals surface area (Å²) in [6, 6.07) is 0. The summed E-state index contributed by atoms with van der Waals surface area (Å²) < 4.78 is 36.6. The van der Waals surface area contributed by atoms with Crippen LogP contribution in [0.3, 0.4) is 0 Å². The van der Waals surface area contributed by atoms with Crippen molar-refractivity contribution in [3.63, 3.8) is 0 Å². The van der Waals surface area contributed by atoms with Crippen LogP contribution in [0.5, 0.6) is 0 Å². The number of oxime groups is 1. The van der Waals surface area contributed by atoms with Crippen molar-refractivity contribution in [2.45, 2.75) is 6.18 Å². The Balaban J connectivity index is 3.05. The quantitative estimate of drug-likeness (QED) is 0.482. The van der Waals surface area contributed by atoms with Crippen molar-refractivity contribution in [3.8, 4) is 0 Å². The van der Waals surface area contributed by atoms with Crippen molar-refractivity contribution in [2.75, 3.05) is 7.11 Å². The van der Waals surface area contributed by atoms with E-state index in [0.717, 1.165) is 12.2 Å². The maximum atomic E-state index is 12.2. The molecule has 6 heteroatoms. The molecule has 14 heavy (non-hydrogen) atoms. The summed E-state index contributed by atoms with van der Waals surface area (Å²) in [5.74, 6) is -1.08. The van der Waals surface area contributed by atoms with E-state index in [1.54, 1.807) is 0 Å².